The number of nitrogens with one attached hydrogen (secondary N) is 1. The summed E-state index contributed by atoms with van der Waals surface area (Å²) in [6, 6.07) is 0. The van der Waals surface area contributed by atoms with Crippen molar-refractivity contribution >= 4 is 17.0 Å². The number of anilines is 1. The van der Waals surface area contributed by atoms with Gasteiger partial charge in [-0.3, -0.25) is 9.78 Å². The molecule has 1 spiro atoms. The lowest BCUT2D eigenvalue weighted by molar-refractivity contribution is 0.225. The molecular weight excluding hydrogens is 302 g/mol. The standard InChI is InChI=1S/C18H27N5O/c1-17(2,3)23-14-13(12-19-23)15(24)21-16(20-14)22-10-8-18(9-11-22)6-4-5-7-18/h12H,4-11H2,1-3H3,(H,20,21,24). The molecule has 3 heterocycles. The first-order valence-corrected chi connectivity index (χ1v) is 9.12. The van der Waals surface area contributed by atoms with Crippen LogP contribution in [0.15, 0.2) is 11.0 Å². The van der Waals surface area contributed by atoms with Gasteiger partial charge in [-0.25, -0.2) is 4.68 Å². The van der Waals surface area contributed by atoms with Crippen LogP contribution in [0.4, 0.5) is 5.95 Å². The van der Waals surface area contributed by atoms with E-state index in [0.29, 0.717) is 22.4 Å². The van der Waals surface area contributed by atoms with E-state index in [1.165, 1.54) is 38.5 Å². The van der Waals surface area contributed by atoms with E-state index in [2.05, 4.69) is 35.8 Å². The van der Waals surface area contributed by atoms with E-state index in [1.54, 1.807) is 6.20 Å². The van der Waals surface area contributed by atoms with Crippen LogP contribution in [0.25, 0.3) is 11.0 Å². The van der Waals surface area contributed by atoms with E-state index < -0.39 is 0 Å². The van der Waals surface area contributed by atoms with E-state index >= 15 is 0 Å². The molecule has 2 aromatic rings. The van der Waals surface area contributed by atoms with Gasteiger partial charge in [0.1, 0.15) is 5.39 Å². The highest BCUT2D eigenvalue weighted by molar-refractivity contribution is 5.74. The van der Waals surface area contributed by atoms with Gasteiger partial charge < -0.3 is 4.90 Å². The molecule has 0 radical (unpaired) electrons. The lowest BCUT2D eigenvalue weighted by Crippen LogP contribution is -2.40. The Labute approximate surface area is 142 Å². The van der Waals surface area contributed by atoms with Gasteiger partial charge in [0.2, 0.25) is 5.95 Å². The first-order chi connectivity index (χ1) is 11.4. The van der Waals surface area contributed by atoms with E-state index in [-0.39, 0.29) is 11.1 Å². The monoisotopic (exact) mass is 329 g/mol. The molecule has 2 fully saturated rings. The molecule has 1 aliphatic carbocycles. The smallest absolute Gasteiger partial charge is 0.263 e. The quantitative estimate of drug-likeness (QED) is 0.873. The van der Waals surface area contributed by atoms with Gasteiger partial charge in [-0.2, -0.15) is 10.1 Å². The third kappa shape index (κ3) is 2.52. The molecule has 130 valence electrons. The number of aromatic nitrogens is 4. The third-order valence-electron chi connectivity index (χ3n) is 5.85. The van der Waals surface area contributed by atoms with Crippen molar-refractivity contribution in [2.45, 2.75) is 64.8 Å². The van der Waals surface area contributed by atoms with E-state index in [0.717, 1.165) is 13.1 Å². The molecular formula is C18H27N5O. The molecule has 1 aliphatic heterocycles. The fourth-order valence-electron chi connectivity index (χ4n) is 4.37. The molecule has 0 amide bonds. The molecule has 2 aliphatic rings. The van der Waals surface area contributed by atoms with Crippen LogP contribution in [0.2, 0.25) is 0 Å². The second-order valence-corrected chi connectivity index (χ2v) is 8.55. The van der Waals surface area contributed by atoms with Crippen molar-refractivity contribution in [1.82, 2.24) is 19.7 Å². The summed E-state index contributed by atoms with van der Waals surface area (Å²) >= 11 is 0. The highest BCUT2D eigenvalue weighted by Crippen LogP contribution is 2.46. The molecule has 0 bridgehead atoms. The van der Waals surface area contributed by atoms with Gasteiger partial charge >= 0.3 is 0 Å². The number of nitrogens with zero attached hydrogens (tertiary/aromatic N) is 4. The molecule has 24 heavy (non-hydrogen) atoms. The summed E-state index contributed by atoms with van der Waals surface area (Å²) in [4.78, 5) is 22.4. The molecule has 4 rings (SSSR count). The number of hydrogen-bond donors (Lipinski definition) is 1. The topological polar surface area (TPSA) is 66.8 Å². The average molecular weight is 329 g/mol. The lowest BCUT2D eigenvalue weighted by atomic mass is 9.77. The van der Waals surface area contributed by atoms with Crippen molar-refractivity contribution in [2.24, 2.45) is 5.41 Å². The first-order valence-electron chi connectivity index (χ1n) is 9.12. The lowest BCUT2D eigenvalue weighted by Gasteiger charge is -2.39. The zero-order valence-electron chi connectivity index (χ0n) is 14.9. The molecule has 0 aromatic carbocycles. The van der Waals surface area contributed by atoms with Crippen molar-refractivity contribution in [2.75, 3.05) is 18.0 Å². The summed E-state index contributed by atoms with van der Waals surface area (Å²) in [5, 5.41) is 4.95. The SMILES string of the molecule is CC(C)(C)n1ncc2c(=O)[nH]c(N3CCC4(CCCC4)CC3)nc21. The Bertz CT molecular complexity index is 797. The Kier molecular flexibility index (Phi) is 3.48. The van der Waals surface area contributed by atoms with Crippen LogP contribution in [0, 0.1) is 5.41 Å². The number of rotatable bonds is 1. The highest BCUT2D eigenvalue weighted by atomic mass is 16.1. The fraction of sp³-hybridized carbons (Fsp3) is 0.722. The minimum absolute atomic E-state index is 0.0911. The van der Waals surface area contributed by atoms with Crippen LogP contribution in [0.5, 0.6) is 0 Å². The summed E-state index contributed by atoms with van der Waals surface area (Å²) in [6.45, 7) is 8.20. The maximum Gasteiger partial charge on any atom is 0.263 e. The second-order valence-electron chi connectivity index (χ2n) is 8.55. The molecule has 2 aromatic heterocycles. The fourth-order valence-corrected chi connectivity index (χ4v) is 4.37. The summed E-state index contributed by atoms with van der Waals surface area (Å²) in [5.41, 5.74) is 0.956. The van der Waals surface area contributed by atoms with Crippen molar-refractivity contribution in [3.63, 3.8) is 0 Å². The Balaban J connectivity index is 1.66. The normalized spacial score (nSPS) is 21.0. The highest BCUT2D eigenvalue weighted by Gasteiger charge is 2.37. The van der Waals surface area contributed by atoms with Crippen LogP contribution in [0.1, 0.15) is 59.3 Å². The molecule has 6 heteroatoms. The van der Waals surface area contributed by atoms with Gasteiger partial charge in [0.15, 0.2) is 5.65 Å². The molecule has 1 N–H and O–H groups in total. The maximum absolute atomic E-state index is 12.5. The molecule has 1 saturated carbocycles. The molecule has 1 saturated heterocycles. The zero-order chi connectivity index (χ0) is 16.9. The summed E-state index contributed by atoms with van der Waals surface area (Å²) in [5.74, 6) is 0.700. The van der Waals surface area contributed by atoms with Gasteiger partial charge in [0.25, 0.3) is 5.56 Å². The van der Waals surface area contributed by atoms with Crippen LogP contribution in [-0.2, 0) is 5.54 Å². The summed E-state index contributed by atoms with van der Waals surface area (Å²) < 4.78 is 1.85. The Morgan fingerprint density at radius 3 is 2.42 bits per heavy atom. The second kappa shape index (κ2) is 5.33. The van der Waals surface area contributed by atoms with Crippen LogP contribution in [-0.4, -0.2) is 32.8 Å². The number of aromatic amines is 1. The van der Waals surface area contributed by atoms with E-state index in [1.807, 2.05) is 4.68 Å². The number of piperidine rings is 1. The maximum atomic E-state index is 12.5. The molecule has 6 nitrogen and oxygen atoms in total. The Morgan fingerprint density at radius 2 is 1.79 bits per heavy atom. The minimum atomic E-state index is -0.199. The van der Waals surface area contributed by atoms with Crippen molar-refractivity contribution in [1.29, 1.82) is 0 Å². The largest absolute Gasteiger partial charge is 0.342 e. The van der Waals surface area contributed by atoms with Crippen LogP contribution >= 0.6 is 0 Å². The average Bonchev–Trinajstić information content (AvgIpc) is 3.15. The first kappa shape index (κ1) is 15.7. The Hall–Kier alpha value is -1.85. The van der Waals surface area contributed by atoms with Crippen LogP contribution < -0.4 is 10.5 Å². The predicted molar refractivity (Wildman–Crippen MR) is 95.5 cm³/mol. The van der Waals surface area contributed by atoms with E-state index in [4.69, 9.17) is 4.98 Å². The minimum Gasteiger partial charge on any atom is -0.342 e. The summed E-state index contributed by atoms with van der Waals surface area (Å²) in [6.07, 6.45) is 9.57. The third-order valence-corrected chi connectivity index (χ3v) is 5.85. The van der Waals surface area contributed by atoms with E-state index in [9.17, 15) is 4.79 Å². The summed E-state index contributed by atoms with van der Waals surface area (Å²) in [7, 11) is 0. The zero-order valence-corrected chi connectivity index (χ0v) is 14.9. The number of hydrogen-bond acceptors (Lipinski definition) is 4. The number of H-pyrrole nitrogens is 1. The van der Waals surface area contributed by atoms with Crippen molar-refractivity contribution in [3.8, 4) is 0 Å². The predicted octanol–water partition coefficient (Wildman–Crippen LogP) is 3.04. The van der Waals surface area contributed by atoms with Gasteiger partial charge in [-0.1, -0.05) is 12.8 Å². The van der Waals surface area contributed by atoms with Gasteiger partial charge in [0.05, 0.1) is 11.7 Å². The van der Waals surface area contributed by atoms with Gasteiger partial charge in [0, 0.05) is 13.1 Å². The Morgan fingerprint density at radius 1 is 1.12 bits per heavy atom. The van der Waals surface area contributed by atoms with Crippen molar-refractivity contribution in [3.05, 3.63) is 16.6 Å². The van der Waals surface area contributed by atoms with Gasteiger partial charge in [-0.05, 0) is 51.9 Å². The van der Waals surface area contributed by atoms with Crippen molar-refractivity contribution < 1.29 is 0 Å². The number of fused-ring (bicyclic) bond motifs is 1. The van der Waals surface area contributed by atoms with Crippen LogP contribution in [0.3, 0.4) is 0 Å². The van der Waals surface area contributed by atoms with Gasteiger partial charge in [-0.15, -0.1) is 0 Å². The molecule has 0 unspecified atom stereocenters. The molecule has 0 atom stereocenters.